The third kappa shape index (κ3) is 3.20. The van der Waals surface area contributed by atoms with E-state index in [4.69, 9.17) is 9.47 Å². The summed E-state index contributed by atoms with van der Waals surface area (Å²) in [6.07, 6.45) is 0. The van der Waals surface area contributed by atoms with Crippen molar-refractivity contribution >= 4 is 5.69 Å². The lowest BCUT2D eigenvalue weighted by Gasteiger charge is -2.41. The molecule has 0 unspecified atom stereocenters. The first-order valence-electron chi connectivity index (χ1n) is 5.84. The molecule has 96 valence electrons. The Morgan fingerprint density at radius 1 is 1.00 bits per heavy atom. The molecule has 0 fully saturated rings. The topological polar surface area (TPSA) is 30.5 Å². The maximum Gasteiger partial charge on any atom is 0.171 e. The van der Waals surface area contributed by atoms with Crippen LogP contribution >= 0.6 is 0 Å². The van der Waals surface area contributed by atoms with Gasteiger partial charge < -0.3 is 14.8 Å². The second kappa shape index (κ2) is 5.52. The molecule has 1 N–H and O–H groups in total. The normalized spacial score (nSPS) is 12.5. The van der Waals surface area contributed by atoms with Crippen molar-refractivity contribution < 1.29 is 9.47 Å². The summed E-state index contributed by atoms with van der Waals surface area (Å²) in [4.78, 5) is 0. The van der Waals surface area contributed by atoms with Gasteiger partial charge in [-0.05, 0) is 19.1 Å². The molecule has 1 rings (SSSR count). The first-order chi connectivity index (χ1) is 7.95. The lowest BCUT2D eigenvalue weighted by atomic mass is 9.83. The smallest absolute Gasteiger partial charge is 0.171 e. The van der Waals surface area contributed by atoms with Crippen molar-refractivity contribution in [2.75, 3.05) is 26.1 Å². The molecule has 1 aromatic carbocycles. The van der Waals surface area contributed by atoms with Crippen molar-refractivity contribution in [3.63, 3.8) is 0 Å². The Labute approximate surface area is 104 Å². The summed E-state index contributed by atoms with van der Waals surface area (Å²) >= 11 is 0. The van der Waals surface area contributed by atoms with Crippen molar-refractivity contribution in [1.82, 2.24) is 0 Å². The van der Waals surface area contributed by atoms with Crippen LogP contribution in [0.1, 0.15) is 20.8 Å². The number of benzene rings is 1. The molecule has 0 amide bonds. The van der Waals surface area contributed by atoms with Crippen LogP contribution < -0.4 is 5.32 Å². The van der Waals surface area contributed by atoms with E-state index in [0.717, 1.165) is 12.2 Å². The van der Waals surface area contributed by atoms with Crippen LogP contribution in [-0.4, -0.2) is 26.6 Å². The Bertz CT molecular complexity index is 331. The third-order valence-corrected chi connectivity index (χ3v) is 3.52. The van der Waals surface area contributed by atoms with Crippen molar-refractivity contribution in [2.24, 2.45) is 5.41 Å². The highest BCUT2D eigenvalue weighted by molar-refractivity contribution is 5.42. The van der Waals surface area contributed by atoms with E-state index in [9.17, 15) is 0 Å². The standard InChI is InChI=1S/C14H23NO2/c1-13(2,14(3,16-4)17-5)11-15-12-9-7-6-8-10-12/h6-10,15H,11H2,1-5H3. The first kappa shape index (κ1) is 14.0. The molecule has 17 heavy (non-hydrogen) atoms. The zero-order chi connectivity index (χ0) is 12.9. The Hall–Kier alpha value is -1.06. The van der Waals surface area contributed by atoms with Gasteiger partial charge in [0.15, 0.2) is 5.79 Å². The monoisotopic (exact) mass is 237 g/mol. The van der Waals surface area contributed by atoms with Crippen molar-refractivity contribution in [3.05, 3.63) is 30.3 Å². The minimum absolute atomic E-state index is 0.146. The van der Waals surface area contributed by atoms with Crippen LogP contribution in [0.2, 0.25) is 0 Å². The zero-order valence-corrected chi connectivity index (χ0v) is 11.4. The van der Waals surface area contributed by atoms with E-state index in [1.165, 1.54) is 0 Å². The van der Waals surface area contributed by atoms with E-state index < -0.39 is 5.79 Å². The maximum atomic E-state index is 5.48. The molecular weight excluding hydrogens is 214 g/mol. The van der Waals surface area contributed by atoms with E-state index in [0.29, 0.717) is 0 Å². The summed E-state index contributed by atoms with van der Waals surface area (Å²) in [5.41, 5.74) is 0.960. The highest BCUT2D eigenvalue weighted by Crippen LogP contribution is 2.34. The molecule has 0 spiro atoms. The summed E-state index contributed by atoms with van der Waals surface area (Å²) in [6.45, 7) is 6.97. The van der Waals surface area contributed by atoms with Gasteiger partial charge in [0.05, 0.1) is 0 Å². The van der Waals surface area contributed by atoms with Gasteiger partial charge in [0.2, 0.25) is 0 Å². The Morgan fingerprint density at radius 3 is 2.00 bits per heavy atom. The highest BCUT2D eigenvalue weighted by atomic mass is 16.7. The summed E-state index contributed by atoms with van der Waals surface area (Å²) < 4.78 is 11.0. The van der Waals surface area contributed by atoms with Crippen molar-refractivity contribution in [3.8, 4) is 0 Å². The zero-order valence-electron chi connectivity index (χ0n) is 11.4. The molecule has 0 radical (unpaired) electrons. The fraction of sp³-hybridized carbons (Fsp3) is 0.571. The van der Waals surface area contributed by atoms with Gasteiger partial charge in [0.1, 0.15) is 0 Å². The number of ether oxygens (including phenoxy) is 2. The minimum atomic E-state index is -0.602. The van der Waals surface area contributed by atoms with Crippen LogP contribution in [0.15, 0.2) is 30.3 Å². The fourth-order valence-corrected chi connectivity index (χ4v) is 1.68. The molecular formula is C14H23NO2. The number of methoxy groups -OCH3 is 2. The SMILES string of the molecule is COC(C)(OC)C(C)(C)CNc1ccccc1. The number of rotatable bonds is 6. The molecule has 1 aromatic rings. The van der Waals surface area contributed by atoms with Gasteiger partial charge in [-0.2, -0.15) is 0 Å². The summed E-state index contributed by atoms with van der Waals surface area (Å²) in [5, 5.41) is 3.40. The minimum Gasteiger partial charge on any atom is -0.384 e. The van der Waals surface area contributed by atoms with Crippen LogP contribution in [0.25, 0.3) is 0 Å². The Morgan fingerprint density at radius 2 is 1.53 bits per heavy atom. The molecule has 3 heteroatoms. The molecule has 3 nitrogen and oxygen atoms in total. The second-order valence-corrected chi connectivity index (χ2v) is 4.96. The van der Waals surface area contributed by atoms with Gasteiger partial charge in [-0.3, -0.25) is 0 Å². The van der Waals surface area contributed by atoms with E-state index in [1.807, 2.05) is 37.3 Å². The predicted molar refractivity (Wildman–Crippen MR) is 71.1 cm³/mol. The largest absolute Gasteiger partial charge is 0.384 e. The molecule has 0 aliphatic rings. The number of nitrogens with one attached hydrogen (secondary N) is 1. The number of para-hydroxylation sites is 1. The summed E-state index contributed by atoms with van der Waals surface area (Å²) in [7, 11) is 3.35. The summed E-state index contributed by atoms with van der Waals surface area (Å²) in [5.74, 6) is -0.602. The Balaban J connectivity index is 2.67. The lowest BCUT2D eigenvalue weighted by molar-refractivity contribution is -0.251. The molecule has 0 atom stereocenters. The molecule has 0 saturated heterocycles. The van der Waals surface area contributed by atoms with Crippen molar-refractivity contribution in [1.29, 1.82) is 0 Å². The average molecular weight is 237 g/mol. The van der Waals surface area contributed by atoms with Crippen LogP contribution in [0, 0.1) is 5.41 Å². The van der Waals surface area contributed by atoms with Crippen LogP contribution in [-0.2, 0) is 9.47 Å². The lowest BCUT2D eigenvalue weighted by Crippen LogP contribution is -2.49. The molecule has 0 bridgehead atoms. The molecule has 0 heterocycles. The number of anilines is 1. The van der Waals surface area contributed by atoms with Crippen LogP contribution in [0.3, 0.4) is 0 Å². The first-order valence-corrected chi connectivity index (χ1v) is 5.84. The highest BCUT2D eigenvalue weighted by Gasteiger charge is 2.41. The van der Waals surface area contributed by atoms with E-state index in [-0.39, 0.29) is 5.41 Å². The molecule has 0 aliphatic heterocycles. The average Bonchev–Trinajstić information content (AvgIpc) is 2.36. The third-order valence-electron chi connectivity index (χ3n) is 3.52. The van der Waals surface area contributed by atoms with Crippen molar-refractivity contribution in [2.45, 2.75) is 26.6 Å². The van der Waals surface area contributed by atoms with E-state index in [2.05, 4.69) is 19.2 Å². The Kier molecular flexibility index (Phi) is 4.54. The molecule has 0 saturated carbocycles. The van der Waals surface area contributed by atoms with Crippen LogP contribution in [0.4, 0.5) is 5.69 Å². The van der Waals surface area contributed by atoms with Gasteiger partial charge in [-0.15, -0.1) is 0 Å². The number of hydrogen-bond donors (Lipinski definition) is 1. The molecule has 0 aliphatic carbocycles. The van der Waals surface area contributed by atoms with Gasteiger partial charge in [-0.1, -0.05) is 32.0 Å². The summed E-state index contributed by atoms with van der Waals surface area (Å²) in [6, 6.07) is 10.1. The van der Waals surface area contributed by atoms with E-state index >= 15 is 0 Å². The van der Waals surface area contributed by atoms with Gasteiger partial charge in [0.25, 0.3) is 0 Å². The van der Waals surface area contributed by atoms with Gasteiger partial charge in [0, 0.05) is 31.9 Å². The second-order valence-electron chi connectivity index (χ2n) is 4.96. The number of hydrogen-bond acceptors (Lipinski definition) is 3. The molecule has 0 aromatic heterocycles. The van der Waals surface area contributed by atoms with E-state index in [1.54, 1.807) is 14.2 Å². The predicted octanol–water partition coefficient (Wildman–Crippen LogP) is 3.13. The van der Waals surface area contributed by atoms with Gasteiger partial charge >= 0.3 is 0 Å². The van der Waals surface area contributed by atoms with Gasteiger partial charge in [-0.25, -0.2) is 0 Å². The maximum absolute atomic E-state index is 5.48. The quantitative estimate of drug-likeness (QED) is 0.771. The van der Waals surface area contributed by atoms with Crippen LogP contribution in [0.5, 0.6) is 0 Å². The fourth-order valence-electron chi connectivity index (χ4n) is 1.68.